The number of hydrogen-bond donors (Lipinski definition) is 0. The number of hydrogen-bond acceptors (Lipinski definition) is 5. The number of rotatable bonds is 2. The molecule has 2 heterocycles. The highest BCUT2D eigenvalue weighted by molar-refractivity contribution is 5.87. The number of anilines is 1. The number of nitrogens with zero attached hydrogens (tertiary/aromatic N) is 3. The fourth-order valence-corrected chi connectivity index (χ4v) is 2.05. The Balaban J connectivity index is 2.12. The van der Waals surface area contributed by atoms with Crippen LogP contribution in [0.4, 0.5) is 5.82 Å². The molecule has 0 unspecified atom stereocenters. The summed E-state index contributed by atoms with van der Waals surface area (Å²) in [4.78, 5) is 21.9. The maximum Gasteiger partial charge on any atom is 0.358 e. The topological polar surface area (TPSA) is 55.3 Å². The monoisotopic (exact) mass is 249 g/mol. The quantitative estimate of drug-likeness (QED) is 0.749. The standard InChI is InChI=1S/C13H19N3O2/c1-13(2)4-6-16(7-5-13)11-9-14-8-10(15-11)12(17)18-3/h8-9H,4-7H2,1-3H3. The van der Waals surface area contributed by atoms with Gasteiger partial charge in [-0.1, -0.05) is 13.8 Å². The zero-order chi connectivity index (χ0) is 13.2. The van der Waals surface area contributed by atoms with Gasteiger partial charge >= 0.3 is 5.97 Å². The number of esters is 1. The lowest BCUT2D eigenvalue weighted by molar-refractivity contribution is 0.0593. The van der Waals surface area contributed by atoms with E-state index in [0.29, 0.717) is 5.41 Å². The molecule has 5 nitrogen and oxygen atoms in total. The molecule has 5 heteroatoms. The molecule has 0 amide bonds. The molecule has 1 fully saturated rings. The van der Waals surface area contributed by atoms with E-state index in [1.165, 1.54) is 13.3 Å². The number of carbonyl (C=O) groups is 1. The molecular formula is C13H19N3O2. The summed E-state index contributed by atoms with van der Waals surface area (Å²) < 4.78 is 4.65. The van der Waals surface area contributed by atoms with Crippen molar-refractivity contribution in [2.75, 3.05) is 25.1 Å². The van der Waals surface area contributed by atoms with Crippen molar-refractivity contribution in [3.05, 3.63) is 18.1 Å². The van der Waals surface area contributed by atoms with Crippen LogP contribution in [-0.2, 0) is 4.74 Å². The van der Waals surface area contributed by atoms with Gasteiger partial charge in [-0.05, 0) is 18.3 Å². The highest BCUT2D eigenvalue weighted by Crippen LogP contribution is 2.31. The molecule has 2 rings (SSSR count). The molecule has 1 aromatic rings. The van der Waals surface area contributed by atoms with Crippen LogP contribution in [0.3, 0.4) is 0 Å². The number of aromatic nitrogens is 2. The molecule has 1 aliphatic rings. The van der Waals surface area contributed by atoms with Crippen LogP contribution in [0.1, 0.15) is 37.2 Å². The van der Waals surface area contributed by atoms with Gasteiger partial charge in [0.1, 0.15) is 5.82 Å². The first kappa shape index (κ1) is 12.8. The van der Waals surface area contributed by atoms with Crippen LogP contribution in [0, 0.1) is 5.41 Å². The number of piperidine rings is 1. The minimum atomic E-state index is -0.443. The molecule has 0 bridgehead atoms. The molecule has 0 N–H and O–H groups in total. The number of carbonyl (C=O) groups excluding carboxylic acids is 1. The molecule has 0 spiro atoms. The van der Waals surface area contributed by atoms with E-state index in [2.05, 4.69) is 33.5 Å². The maximum absolute atomic E-state index is 11.4. The Labute approximate surface area is 107 Å². The Hall–Kier alpha value is -1.65. The average molecular weight is 249 g/mol. The van der Waals surface area contributed by atoms with E-state index in [0.717, 1.165) is 31.7 Å². The zero-order valence-electron chi connectivity index (χ0n) is 11.1. The summed E-state index contributed by atoms with van der Waals surface area (Å²) >= 11 is 0. The van der Waals surface area contributed by atoms with Crippen molar-refractivity contribution < 1.29 is 9.53 Å². The van der Waals surface area contributed by atoms with Gasteiger partial charge in [0.15, 0.2) is 5.69 Å². The summed E-state index contributed by atoms with van der Waals surface area (Å²) in [6.07, 6.45) is 5.38. The van der Waals surface area contributed by atoms with Crippen LogP contribution >= 0.6 is 0 Å². The highest BCUT2D eigenvalue weighted by atomic mass is 16.5. The molecule has 0 atom stereocenters. The van der Waals surface area contributed by atoms with Crippen LogP contribution in [0.2, 0.25) is 0 Å². The molecule has 1 saturated heterocycles. The Bertz CT molecular complexity index is 436. The van der Waals surface area contributed by atoms with Crippen LogP contribution < -0.4 is 4.90 Å². The van der Waals surface area contributed by atoms with Gasteiger partial charge in [0.05, 0.1) is 19.5 Å². The van der Waals surface area contributed by atoms with E-state index in [1.807, 2.05) is 0 Å². The Morgan fingerprint density at radius 2 is 2.00 bits per heavy atom. The van der Waals surface area contributed by atoms with E-state index in [9.17, 15) is 4.79 Å². The summed E-state index contributed by atoms with van der Waals surface area (Å²) in [5.41, 5.74) is 0.656. The highest BCUT2D eigenvalue weighted by Gasteiger charge is 2.26. The molecule has 1 aromatic heterocycles. The Morgan fingerprint density at radius 3 is 2.61 bits per heavy atom. The lowest BCUT2D eigenvalue weighted by Gasteiger charge is -2.37. The summed E-state index contributed by atoms with van der Waals surface area (Å²) in [6, 6.07) is 0. The van der Waals surface area contributed by atoms with Crippen molar-refractivity contribution in [3.8, 4) is 0 Å². The summed E-state index contributed by atoms with van der Waals surface area (Å²) in [5.74, 6) is 0.315. The molecule has 1 aliphatic heterocycles. The SMILES string of the molecule is COC(=O)c1cncc(N2CCC(C)(C)CC2)n1. The van der Waals surface area contributed by atoms with Crippen molar-refractivity contribution >= 4 is 11.8 Å². The molecule has 98 valence electrons. The van der Waals surface area contributed by atoms with Crippen LogP contribution in [-0.4, -0.2) is 36.1 Å². The second-order valence-corrected chi connectivity index (χ2v) is 5.41. The molecule has 0 aliphatic carbocycles. The first-order valence-corrected chi connectivity index (χ1v) is 6.17. The molecule has 0 aromatic carbocycles. The zero-order valence-corrected chi connectivity index (χ0v) is 11.1. The molecule has 0 radical (unpaired) electrons. The maximum atomic E-state index is 11.4. The van der Waals surface area contributed by atoms with E-state index >= 15 is 0 Å². The van der Waals surface area contributed by atoms with Crippen molar-refractivity contribution in [1.29, 1.82) is 0 Å². The summed E-state index contributed by atoms with van der Waals surface area (Å²) in [5, 5.41) is 0. The minimum absolute atomic E-state index is 0.264. The van der Waals surface area contributed by atoms with Crippen LogP contribution in [0.5, 0.6) is 0 Å². The van der Waals surface area contributed by atoms with Gasteiger partial charge in [0, 0.05) is 13.1 Å². The number of ether oxygens (including phenoxy) is 1. The second kappa shape index (κ2) is 4.92. The Kier molecular flexibility index (Phi) is 3.50. The van der Waals surface area contributed by atoms with Gasteiger partial charge in [-0.15, -0.1) is 0 Å². The first-order valence-electron chi connectivity index (χ1n) is 6.17. The Morgan fingerprint density at radius 1 is 1.33 bits per heavy atom. The second-order valence-electron chi connectivity index (χ2n) is 5.41. The number of methoxy groups -OCH3 is 1. The lowest BCUT2D eigenvalue weighted by Crippen LogP contribution is -2.38. The van der Waals surface area contributed by atoms with Crippen molar-refractivity contribution in [2.24, 2.45) is 5.41 Å². The predicted octanol–water partition coefficient (Wildman–Crippen LogP) is 1.89. The largest absolute Gasteiger partial charge is 0.464 e. The normalized spacial score (nSPS) is 18.5. The molecular weight excluding hydrogens is 230 g/mol. The van der Waals surface area contributed by atoms with Gasteiger partial charge < -0.3 is 9.64 Å². The van der Waals surface area contributed by atoms with Gasteiger partial charge in [0.2, 0.25) is 0 Å². The predicted molar refractivity (Wildman–Crippen MR) is 68.6 cm³/mol. The van der Waals surface area contributed by atoms with E-state index in [-0.39, 0.29) is 5.69 Å². The van der Waals surface area contributed by atoms with Crippen molar-refractivity contribution in [2.45, 2.75) is 26.7 Å². The van der Waals surface area contributed by atoms with Crippen LogP contribution in [0.15, 0.2) is 12.4 Å². The van der Waals surface area contributed by atoms with Gasteiger partial charge in [-0.25, -0.2) is 9.78 Å². The van der Waals surface area contributed by atoms with Gasteiger partial charge in [-0.3, -0.25) is 4.98 Å². The van der Waals surface area contributed by atoms with E-state index < -0.39 is 5.97 Å². The molecule has 18 heavy (non-hydrogen) atoms. The summed E-state index contributed by atoms with van der Waals surface area (Å²) in [7, 11) is 1.35. The average Bonchev–Trinajstić information content (AvgIpc) is 2.38. The fourth-order valence-electron chi connectivity index (χ4n) is 2.05. The smallest absolute Gasteiger partial charge is 0.358 e. The third kappa shape index (κ3) is 2.78. The minimum Gasteiger partial charge on any atom is -0.464 e. The summed E-state index contributed by atoms with van der Waals surface area (Å²) in [6.45, 7) is 6.46. The van der Waals surface area contributed by atoms with E-state index in [1.54, 1.807) is 6.20 Å². The first-order chi connectivity index (χ1) is 8.52. The third-order valence-corrected chi connectivity index (χ3v) is 3.46. The third-order valence-electron chi connectivity index (χ3n) is 3.46. The van der Waals surface area contributed by atoms with Crippen molar-refractivity contribution in [3.63, 3.8) is 0 Å². The molecule has 0 saturated carbocycles. The van der Waals surface area contributed by atoms with Crippen molar-refractivity contribution in [1.82, 2.24) is 9.97 Å². The van der Waals surface area contributed by atoms with Crippen LogP contribution in [0.25, 0.3) is 0 Å². The lowest BCUT2D eigenvalue weighted by atomic mass is 9.83. The van der Waals surface area contributed by atoms with Gasteiger partial charge in [-0.2, -0.15) is 0 Å². The fraction of sp³-hybridized carbons (Fsp3) is 0.615. The van der Waals surface area contributed by atoms with Gasteiger partial charge in [0.25, 0.3) is 0 Å². The van der Waals surface area contributed by atoms with E-state index in [4.69, 9.17) is 0 Å².